The van der Waals surface area contributed by atoms with Gasteiger partial charge in [-0.25, -0.2) is 14.4 Å². The van der Waals surface area contributed by atoms with Gasteiger partial charge in [-0.3, -0.25) is 4.79 Å². The molecule has 0 aliphatic heterocycles. The number of halogens is 4. The van der Waals surface area contributed by atoms with Crippen molar-refractivity contribution in [1.29, 1.82) is 0 Å². The van der Waals surface area contributed by atoms with Gasteiger partial charge in [0, 0.05) is 25.2 Å². The van der Waals surface area contributed by atoms with Gasteiger partial charge in [0.2, 0.25) is 5.95 Å². The van der Waals surface area contributed by atoms with Crippen LogP contribution in [0.3, 0.4) is 0 Å². The van der Waals surface area contributed by atoms with E-state index >= 15 is 0 Å². The first-order valence-corrected chi connectivity index (χ1v) is 9.79. The molecule has 0 spiro atoms. The molecule has 7 nitrogen and oxygen atoms in total. The van der Waals surface area contributed by atoms with Crippen LogP contribution < -0.4 is 15.4 Å². The highest BCUT2D eigenvalue weighted by Gasteiger charge is 2.31. The van der Waals surface area contributed by atoms with Crippen LogP contribution in [0.4, 0.5) is 28.6 Å². The van der Waals surface area contributed by atoms with Gasteiger partial charge in [0.15, 0.2) is 5.13 Å². The highest BCUT2D eigenvalue weighted by molar-refractivity contribution is 7.22. The van der Waals surface area contributed by atoms with Gasteiger partial charge in [0.25, 0.3) is 5.91 Å². The number of fused-ring (bicyclic) bond motifs is 2. The lowest BCUT2D eigenvalue weighted by Crippen LogP contribution is -2.25. The zero-order valence-corrected chi connectivity index (χ0v) is 16.8. The smallest absolute Gasteiger partial charge is 0.406 e. The van der Waals surface area contributed by atoms with Crippen LogP contribution in [0.15, 0.2) is 36.4 Å². The second kappa shape index (κ2) is 8.02. The number of benzene rings is 2. The maximum absolute atomic E-state index is 12.4. The topological polar surface area (TPSA) is 81.1 Å². The molecule has 0 atom stereocenters. The fraction of sp³-hybridized carbons (Fsp3) is 0.211. The van der Waals surface area contributed by atoms with Gasteiger partial charge in [0.1, 0.15) is 12.4 Å². The molecule has 12 heteroatoms. The summed E-state index contributed by atoms with van der Waals surface area (Å²) in [6.07, 6.45) is -4.77. The van der Waals surface area contributed by atoms with Crippen molar-refractivity contribution in [2.45, 2.75) is 6.36 Å². The molecule has 0 fully saturated rings. The molecule has 0 radical (unpaired) electrons. The first-order chi connectivity index (χ1) is 14.7. The van der Waals surface area contributed by atoms with Crippen molar-refractivity contribution < 1.29 is 27.1 Å². The molecule has 2 N–H and O–H groups in total. The highest BCUT2D eigenvalue weighted by Crippen LogP contribution is 2.33. The molecule has 0 saturated heterocycles. The summed E-state index contributed by atoms with van der Waals surface area (Å²) < 4.78 is 55.7. The molecule has 4 rings (SSSR count). The molecule has 4 aromatic rings. The molecule has 0 unspecified atom stereocenters. The molecular weight excluding hydrogens is 438 g/mol. The first-order valence-electron chi connectivity index (χ1n) is 8.97. The van der Waals surface area contributed by atoms with Crippen molar-refractivity contribution in [1.82, 2.24) is 19.9 Å². The van der Waals surface area contributed by atoms with E-state index in [9.17, 15) is 22.4 Å². The zero-order chi connectivity index (χ0) is 22.2. The maximum atomic E-state index is 12.4. The van der Waals surface area contributed by atoms with Gasteiger partial charge in [-0.05, 0) is 30.3 Å². The number of carbonyl (C=O) groups is 1. The number of anilines is 2. The van der Waals surface area contributed by atoms with Gasteiger partial charge in [0.05, 0.1) is 21.3 Å². The molecule has 0 aliphatic rings. The van der Waals surface area contributed by atoms with E-state index in [1.54, 1.807) is 29.8 Å². The Balaban J connectivity index is 1.59. The molecule has 0 aliphatic carbocycles. The van der Waals surface area contributed by atoms with Crippen LogP contribution in [0.2, 0.25) is 0 Å². The Morgan fingerprint density at radius 3 is 2.71 bits per heavy atom. The van der Waals surface area contributed by atoms with Crippen molar-refractivity contribution in [3.63, 3.8) is 0 Å². The molecule has 162 valence electrons. The lowest BCUT2D eigenvalue weighted by atomic mass is 10.2. The largest absolute Gasteiger partial charge is 0.573 e. The zero-order valence-electron chi connectivity index (χ0n) is 16.0. The van der Waals surface area contributed by atoms with E-state index in [1.165, 1.54) is 18.2 Å². The Morgan fingerprint density at radius 2 is 1.97 bits per heavy atom. The number of aromatic nitrogens is 3. The minimum atomic E-state index is -4.77. The van der Waals surface area contributed by atoms with Crippen LogP contribution in [-0.2, 0) is 7.05 Å². The second-order valence-corrected chi connectivity index (χ2v) is 7.49. The van der Waals surface area contributed by atoms with Crippen molar-refractivity contribution in [2.75, 3.05) is 18.5 Å². The van der Waals surface area contributed by atoms with Crippen LogP contribution in [-0.4, -0.2) is 40.0 Å². The summed E-state index contributed by atoms with van der Waals surface area (Å²) in [5.74, 6) is -0.290. The van der Waals surface area contributed by atoms with Gasteiger partial charge in [-0.1, -0.05) is 11.3 Å². The number of ether oxygens (including phenoxy) is 1. The highest BCUT2D eigenvalue weighted by atomic mass is 32.1. The Kier molecular flexibility index (Phi) is 5.39. The van der Waals surface area contributed by atoms with E-state index in [2.05, 4.69) is 25.3 Å². The Hall–Kier alpha value is -3.41. The number of imidazole rings is 1. The minimum absolute atomic E-state index is 0.0702. The van der Waals surface area contributed by atoms with Crippen molar-refractivity contribution in [3.8, 4) is 5.75 Å². The number of amides is 1. The van der Waals surface area contributed by atoms with E-state index in [0.717, 1.165) is 16.9 Å². The predicted octanol–water partition coefficient (Wildman–Crippen LogP) is 4.52. The van der Waals surface area contributed by atoms with Crippen LogP contribution in [0.5, 0.6) is 5.75 Å². The van der Waals surface area contributed by atoms with E-state index in [4.69, 9.17) is 0 Å². The molecule has 2 heterocycles. The molecule has 0 bridgehead atoms. The number of nitrogens with zero attached hydrogens (tertiary/aromatic N) is 3. The number of hydrogen-bond donors (Lipinski definition) is 2. The van der Waals surface area contributed by atoms with Gasteiger partial charge in [-0.2, -0.15) is 0 Å². The van der Waals surface area contributed by atoms with Crippen LogP contribution in [0.25, 0.3) is 21.3 Å². The summed E-state index contributed by atoms with van der Waals surface area (Å²) in [5.41, 5.74) is 2.14. The molecule has 2 aromatic heterocycles. The number of nitrogens with one attached hydrogen (secondary N) is 2. The average molecular weight is 453 g/mol. The first kappa shape index (κ1) is 20.8. The molecular formula is C19H15F4N5O2S. The number of aryl methyl sites for hydroxylation is 1. The Labute approximate surface area is 176 Å². The number of rotatable bonds is 6. The van der Waals surface area contributed by atoms with E-state index in [-0.39, 0.29) is 12.3 Å². The monoisotopic (exact) mass is 453 g/mol. The lowest BCUT2D eigenvalue weighted by Gasteiger charge is -2.07. The predicted molar refractivity (Wildman–Crippen MR) is 109 cm³/mol. The SMILES string of the molecule is Cn1c(Nc2nc3ccc(OC(F)(F)F)cc3s2)nc2cc(C(=O)NCCF)ccc21. The van der Waals surface area contributed by atoms with Gasteiger partial charge < -0.3 is 19.9 Å². The van der Waals surface area contributed by atoms with Gasteiger partial charge >= 0.3 is 6.36 Å². The fourth-order valence-electron chi connectivity index (χ4n) is 2.97. The summed E-state index contributed by atoms with van der Waals surface area (Å²) in [7, 11) is 1.77. The third kappa shape index (κ3) is 4.53. The van der Waals surface area contributed by atoms with E-state index < -0.39 is 18.9 Å². The third-order valence-electron chi connectivity index (χ3n) is 4.34. The minimum Gasteiger partial charge on any atom is -0.406 e. The summed E-state index contributed by atoms with van der Waals surface area (Å²) >= 11 is 1.15. The van der Waals surface area contributed by atoms with Gasteiger partial charge in [-0.15, -0.1) is 13.2 Å². The molecule has 1 amide bonds. The van der Waals surface area contributed by atoms with Crippen LogP contribution in [0.1, 0.15) is 10.4 Å². The van der Waals surface area contributed by atoms with Crippen LogP contribution >= 0.6 is 11.3 Å². The number of alkyl halides is 4. The Bertz CT molecular complexity index is 1270. The fourth-order valence-corrected chi connectivity index (χ4v) is 3.85. The summed E-state index contributed by atoms with van der Waals surface area (Å²) in [6, 6.07) is 8.83. The number of hydrogen-bond acceptors (Lipinski definition) is 6. The van der Waals surface area contributed by atoms with Crippen molar-refractivity contribution in [3.05, 3.63) is 42.0 Å². The number of carbonyl (C=O) groups excluding carboxylic acids is 1. The standard InChI is InChI=1S/C19H15F4N5O2S/c1-28-14-5-2-10(16(29)24-7-6-20)8-13(14)25-17(28)27-18-26-12-4-3-11(9-15(12)31-18)30-19(21,22)23/h2-5,8-9H,6-7H2,1H3,(H,24,29)(H,25,26,27). The molecule has 31 heavy (non-hydrogen) atoms. The van der Waals surface area contributed by atoms with E-state index in [0.29, 0.717) is 32.4 Å². The Morgan fingerprint density at radius 1 is 1.16 bits per heavy atom. The summed E-state index contributed by atoms with van der Waals surface area (Å²) in [4.78, 5) is 20.8. The molecule has 0 saturated carbocycles. The van der Waals surface area contributed by atoms with Crippen molar-refractivity contribution >= 4 is 49.6 Å². The second-order valence-electron chi connectivity index (χ2n) is 6.46. The average Bonchev–Trinajstić information content (AvgIpc) is 3.24. The number of thiazole rings is 1. The maximum Gasteiger partial charge on any atom is 0.573 e. The lowest BCUT2D eigenvalue weighted by molar-refractivity contribution is -0.274. The van der Waals surface area contributed by atoms with Crippen LogP contribution in [0, 0.1) is 0 Å². The molecule has 2 aromatic carbocycles. The third-order valence-corrected chi connectivity index (χ3v) is 5.27. The quantitative estimate of drug-likeness (QED) is 0.420. The van der Waals surface area contributed by atoms with Crippen molar-refractivity contribution in [2.24, 2.45) is 7.05 Å². The normalized spacial score (nSPS) is 11.8. The summed E-state index contributed by atoms with van der Waals surface area (Å²) in [6.45, 7) is -0.725. The summed E-state index contributed by atoms with van der Waals surface area (Å²) in [5, 5.41) is 5.93. The van der Waals surface area contributed by atoms with E-state index in [1.807, 2.05) is 0 Å².